The van der Waals surface area contributed by atoms with Crippen LogP contribution in [0.4, 0.5) is 5.69 Å². The lowest BCUT2D eigenvalue weighted by molar-refractivity contribution is -0.143. The van der Waals surface area contributed by atoms with Gasteiger partial charge in [0.1, 0.15) is 5.75 Å². The summed E-state index contributed by atoms with van der Waals surface area (Å²) in [6, 6.07) is 10.3. The lowest BCUT2D eigenvalue weighted by Crippen LogP contribution is -2.44. The van der Waals surface area contributed by atoms with E-state index >= 15 is 0 Å². The number of hydrogen-bond donors (Lipinski definition) is 3. The summed E-state index contributed by atoms with van der Waals surface area (Å²) in [6.45, 7) is -0.657. The number of aliphatic hydroxyl groups excluding tert-OH is 1. The maximum Gasteiger partial charge on any atom is 0.330 e. The number of esters is 1. The monoisotopic (exact) mass is 408 g/mol. The van der Waals surface area contributed by atoms with E-state index < -0.39 is 34.5 Å². The van der Waals surface area contributed by atoms with Gasteiger partial charge in [0.05, 0.1) is 25.7 Å². The molecule has 10 heteroatoms. The van der Waals surface area contributed by atoms with E-state index in [0.717, 1.165) is 13.2 Å². The fourth-order valence-electron chi connectivity index (χ4n) is 2.24. The van der Waals surface area contributed by atoms with Crippen molar-refractivity contribution in [3.63, 3.8) is 0 Å². The second kappa shape index (κ2) is 9.20. The number of methoxy groups -OCH3 is 2. The highest BCUT2D eigenvalue weighted by Crippen LogP contribution is 2.20. The summed E-state index contributed by atoms with van der Waals surface area (Å²) in [5.41, 5.74) is 0.321. The van der Waals surface area contributed by atoms with Crippen LogP contribution in [0.1, 0.15) is 10.4 Å². The Balaban J connectivity index is 2.20. The lowest BCUT2D eigenvalue weighted by atomic mass is 10.2. The van der Waals surface area contributed by atoms with E-state index in [2.05, 4.69) is 14.8 Å². The number of carbonyl (C=O) groups is 2. The molecule has 0 aliphatic heterocycles. The largest absolute Gasteiger partial charge is 0.497 e. The van der Waals surface area contributed by atoms with Crippen LogP contribution in [0.3, 0.4) is 0 Å². The molecule has 0 aliphatic carbocycles. The number of ether oxygens (including phenoxy) is 2. The van der Waals surface area contributed by atoms with Gasteiger partial charge in [0.15, 0.2) is 6.04 Å². The zero-order valence-corrected chi connectivity index (χ0v) is 16.0. The van der Waals surface area contributed by atoms with Gasteiger partial charge in [-0.15, -0.1) is 0 Å². The highest BCUT2D eigenvalue weighted by molar-refractivity contribution is 7.92. The van der Waals surface area contributed by atoms with Crippen LogP contribution in [0.5, 0.6) is 5.75 Å². The van der Waals surface area contributed by atoms with Crippen LogP contribution < -0.4 is 14.8 Å². The molecule has 0 heterocycles. The zero-order valence-electron chi connectivity index (χ0n) is 15.2. The third kappa shape index (κ3) is 5.21. The summed E-state index contributed by atoms with van der Waals surface area (Å²) in [4.78, 5) is 23.6. The third-order valence-electron chi connectivity index (χ3n) is 3.72. The lowest BCUT2D eigenvalue weighted by Gasteiger charge is -2.14. The molecule has 0 bridgehead atoms. The Morgan fingerprint density at radius 2 is 1.79 bits per heavy atom. The fourth-order valence-corrected chi connectivity index (χ4v) is 3.34. The maximum absolute atomic E-state index is 12.6. The Labute approximate surface area is 162 Å². The first-order valence-electron chi connectivity index (χ1n) is 8.07. The van der Waals surface area contributed by atoms with Crippen molar-refractivity contribution in [2.45, 2.75) is 10.9 Å². The third-order valence-corrected chi connectivity index (χ3v) is 5.10. The summed E-state index contributed by atoms with van der Waals surface area (Å²) < 4.78 is 37.0. The minimum atomic E-state index is -3.96. The van der Waals surface area contributed by atoms with Crippen LogP contribution in [-0.2, 0) is 19.6 Å². The quantitative estimate of drug-likeness (QED) is 0.550. The van der Waals surface area contributed by atoms with Crippen LogP contribution in [0.25, 0.3) is 0 Å². The smallest absolute Gasteiger partial charge is 0.330 e. The predicted molar refractivity (Wildman–Crippen MR) is 101 cm³/mol. The Hall–Kier alpha value is -3.11. The van der Waals surface area contributed by atoms with E-state index in [-0.39, 0.29) is 10.5 Å². The van der Waals surface area contributed by atoms with Crippen LogP contribution in [0.2, 0.25) is 0 Å². The Morgan fingerprint density at radius 3 is 2.36 bits per heavy atom. The molecule has 0 fully saturated rings. The number of benzene rings is 2. The van der Waals surface area contributed by atoms with Gasteiger partial charge in [-0.25, -0.2) is 13.2 Å². The number of amides is 1. The van der Waals surface area contributed by atoms with E-state index in [4.69, 9.17) is 4.74 Å². The molecule has 9 nitrogen and oxygen atoms in total. The van der Waals surface area contributed by atoms with E-state index in [1.807, 2.05) is 0 Å². The number of aliphatic hydroxyl groups is 1. The zero-order chi connectivity index (χ0) is 20.7. The minimum Gasteiger partial charge on any atom is -0.497 e. The van der Waals surface area contributed by atoms with E-state index in [9.17, 15) is 23.1 Å². The molecule has 3 N–H and O–H groups in total. The van der Waals surface area contributed by atoms with Crippen LogP contribution in [0.15, 0.2) is 53.4 Å². The molecule has 1 amide bonds. The molecule has 0 aromatic heterocycles. The highest BCUT2D eigenvalue weighted by Gasteiger charge is 2.22. The number of hydrogen-bond acceptors (Lipinski definition) is 7. The average molecular weight is 408 g/mol. The predicted octanol–water partition coefficient (Wildman–Crippen LogP) is 0.760. The summed E-state index contributed by atoms with van der Waals surface area (Å²) >= 11 is 0. The molecule has 1 atom stereocenters. The van der Waals surface area contributed by atoms with Crippen LogP contribution in [0, 0.1) is 0 Å². The number of sulfonamides is 1. The number of nitrogens with one attached hydrogen (secondary N) is 2. The van der Waals surface area contributed by atoms with Gasteiger partial charge >= 0.3 is 5.97 Å². The van der Waals surface area contributed by atoms with Gasteiger partial charge in [-0.3, -0.25) is 9.52 Å². The number of anilines is 1. The maximum atomic E-state index is 12.6. The number of carbonyl (C=O) groups excluding carboxylic acids is 2. The second-order valence-electron chi connectivity index (χ2n) is 5.59. The summed E-state index contributed by atoms with van der Waals surface area (Å²) in [7, 11) is -1.34. The SMILES string of the molecule is COC(=O)[C@@H](CO)NC(=O)c1cccc(S(=O)(=O)Nc2ccc(OC)cc2)c1. The Morgan fingerprint density at radius 1 is 1.11 bits per heavy atom. The first kappa shape index (κ1) is 21.2. The Bertz CT molecular complexity index is 943. The molecule has 0 radical (unpaired) electrons. The molecule has 150 valence electrons. The number of rotatable bonds is 8. The molecule has 0 unspecified atom stereocenters. The molecular weight excluding hydrogens is 388 g/mol. The van der Waals surface area contributed by atoms with Gasteiger partial charge in [0.2, 0.25) is 0 Å². The summed E-state index contributed by atoms with van der Waals surface area (Å²) in [5, 5.41) is 11.5. The normalized spacial score (nSPS) is 12.0. The first-order valence-corrected chi connectivity index (χ1v) is 9.55. The summed E-state index contributed by atoms with van der Waals surface area (Å²) in [6.07, 6.45) is 0. The average Bonchev–Trinajstić information content (AvgIpc) is 2.71. The molecule has 2 aromatic carbocycles. The molecule has 0 saturated heterocycles. The van der Waals surface area contributed by atoms with Gasteiger partial charge in [-0.2, -0.15) is 0 Å². The van der Waals surface area contributed by atoms with Crippen molar-refractivity contribution in [2.75, 3.05) is 25.5 Å². The molecule has 0 saturated carbocycles. The van der Waals surface area contributed by atoms with Crippen LogP contribution in [-0.4, -0.2) is 52.3 Å². The Kier molecular flexibility index (Phi) is 6.96. The van der Waals surface area contributed by atoms with Crippen molar-refractivity contribution >= 4 is 27.6 Å². The second-order valence-corrected chi connectivity index (χ2v) is 7.28. The highest BCUT2D eigenvalue weighted by atomic mass is 32.2. The topological polar surface area (TPSA) is 131 Å². The fraction of sp³-hybridized carbons (Fsp3) is 0.222. The van der Waals surface area contributed by atoms with E-state index in [1.165, 1.54) is 37.4 Å². The van der Waals surface area contributed by atoms with Gasteiger partial charge in [0.25, 0.3) is 15.9 Å². The van der Waals surface area contributed by atoms with Crippen molar-refractivity contribution < 1.29 is 32.6 Å². The van der Waals surface area contributed by atoms with Crippen molar-refractivity contribution in [1.29, 1.82) is 0 Å². The van der Waals surface area contributed by atoms with E-state index in [0.29, 0.717) is 11.4 Å². The molecule has 0 aliphatic rings. The standard InChI is InChI=1S/C18H20N2O7S/c1-26-14-8-6-13(7-9-14)20-28(24,25)15-5-3-4-12(10-15)17(22)19-16(11-21)18(23)27-2/h3-10,16,20-21H,11H2,1-2H3,(H,19,22)/t16-/m1/s1. The van der Waals surface area contributed by atoms with Crippen molar-refractivity contribution in [1.82, 2.24) is 5.32 Å². The van der Waals surface area contributed by atoms with E-state index in [1.54, 1.807) is 12.1 Å². The van der Waals surface area contributed by atoms with Gasteiger partial charge in [0, 0.05) is 11.3 Å². The van der Waals surface area contributed by atoms with Gasteiger partial charge in [-0.1, -0.05) is 6.07 Å². The van der Waals surface area contributed by atoms with Crippen molar-refractivity contribution in [2.24, 2.45) is 0 Å². The summed E-state index contributed by atoms with van der Waals surface area (Å²) in [5.74, 6) is -0.975. The molecule has 0 spiro atoms. The minimum absolute atomic E-state index is 0.0000380. The molecule has 28 heavy (non-hydrogen) atoms. The van der Waals surface area contributed by atoms with Gasteiger partial charge in [-0.05, 0) is 42.5 Å². The van der Waals surface area contributed by atoms with Crippen molar-refractivity contribution in [3.8, 4) is 5.75 Å². The molecule has 2 aromatic rings. The molecule has 2 rings (SSSR count). The van der Waals surface area contributed by atoms with Crippen molar-refractivity contribution in [3.05, 3.63) is 54.1 Å². The first-order chi connectivity index (χ1) is 13.3. The van der Waals surface area contributed by atoms with Gasteiger partial charge < -0.3 is 19.9 Å². The molecular formula is C18H20N2O7S. The van der Waals surface area contributed by atoms with Crippen LogP contribution >= 0.6 is 0 Å².